The molecule has 0 atom stereocenters. The Morgan fingerprint density at radius 1 is 1.23 bits per heavy atom. The summed E-state index contributed by atoms with van der Waals surface area (Å²) in [6.45, 7) is 3.55. The molecule has 0 unspecified atom stereocenters. The number of aromatic nitrogens is 3. The van der Waals surface area contributed by atoms with Crippen molar-refractivity contribution in [1.29, 1.82) is 0 Å². The van der Waals surface area contributed by atoms with E-state index >= 15 is 0 Å². The van der Waals surface area contributed by atoms with Gasteiger partial charge in [-0.15, -0.1) is 0 Å². The summed E-state index contributed by atoms with van der Waals surface area (Å²) in [6, 6.07) is 7.79. The number of fused-ring (bicyclic) bond motifs is 1. The number of hydrogen-bond donors (Lipinski definition) is 0. The highest BCUT2D eigenvalue weighted by Crippen LogP contribution is 2.11. The number of benzene rings is 1. The first-order valence-electron chi connectivity index (χ1n) is 9.14. The Balaban J connectivity index is 1.53. The molecule has 26 heavy (non-hydrogen) atoms. The van der Waals surface area contributed by atoms with E-state index in [1.807, 2.05) is 31.2 Å². The predicted octanol–water partition coefficient (Wildman–Crippen LogP) is 1.62. The van der Waals surface area contributed by atoms with Crippen LogP contribution >= 0.6 is 0 Å². The molecule has 0 radical (unpaired) electrons. The molecule has 7 heteroatoms. The van der Waals surface area contributed by atoms with Crippen molar-refractivity contribution < 1.29 is 9.53 Å². The van der Waals surface area contributed by atoms with Crippen molar-refractivity contribution in [3.05, 3.63) is 46.1 Å². The van der Waals surface area contributed by atoms with Crippen LogP contribution in [-0.4, -0.2) is 45.4 Å². The number of likely N-dealkylation sites (N-methyl/N-ethyl adjacent to an activating group) is 1. The number of carbonyl (C=O) groups excluding carboxylic acids is 1. The van der Waals surface area contributed by atoms with Crippen LogP contribution in [0.15, 0.2) is 29.1 Å². The minimum absolute atomic E-state index is 0.0279. The summed E-state index contributed by atoms with van der Waals surface area (Å²) in [4.78, 5) is 26.4. The molecular weight excluding hydrogens is 332 g/mol. The molecular formula is C19H26N4O3. The van der Waals surface area contributed by atoms with Gasteiger partial charge in [0.05, 0.1) is 6.54 Å². The average molecular weight is 358 g/mol. The highest BCUT2D eigenvalue weighted by atomic mass is 16.5. The molecule has 1 aromatic carbocycles. The second-order valence-corrected chi connectivity index (χ2v) is 6.80. The van der Waals surface area contributed by atoms with E-state index in [2.05, 4.69) is 5.10 Å². The molecule has 2 aromatic rings. The molecule has 2 heterocycles. The molecule has 1 aromatic heterocycles. The molecule has 0 aliphatic carbocycles. The minimum Gasteiger partial charge on any atom is -0.492 e. The first-order chi connectivity index (χ1) is 12.5. The SMILES string of the molecule is Cc1ccc(OCCN(C)C(=O)Cn2nc3n(c2=O)CCCCC3)cc1. The van der Waals surface area contributed by atoms with Gasteiger partial charge in [-0.1, -0.05) is 24.1 Å². The van der Waals surface area contributed by atoms with E-state index in [-0.39, 0.29) is 18.1 Å². The first kappa shape index (κ1) is 18.2. The molecule has 0 N–H and O–H groups in total. The van der Waals surface area contributed by atoms with Gasteiger partial charge in [-0.25, -0.2) is 9.48 Å². The maximum atomic E-state index is 12.4. The molecule has 1 amide bonds. The molecule has 3 rings (SSSR count). The first-order valence-corrected chi connectivity index (χ1v) is 9.14. The monoisotopic (exact) mass is 358 g/mol. The number of rotatable bonds is 6. The van der Waals surface area contributed by atoms with Crippen molar-refractivity contribution in [3.8, 4) is 5.75 Å². The fraction of sp³-hybridized carbons (Fsp3) is 0.526. The van der Waals surface area contributed by atoms with Gasteiger partial charge < -0.3 is 9.64 Å². The molecule has 140 valence electrons. The minimum atomic E-state index is -0.181. The normalized spacial score (nSPS) is 13.8. The number of carbonyl (C=O) groups is 1. The van der Waals surface area contributed by atoms with E-state index in [0.29, 0.717) is 19.7 Å². The lowest BCUT2D eigenvalue weighted by Gasteiger charge is -2.17. The van der Waals surface area contributed by atoms with E-state index in [9.17, 15) is 9.59 Å². The Morgan fingerprint density at radius 2 is 2.00 bits per heavy atom. The summed E-state index contributed by atoms with van der Waals surface area (Å²) in [7, 11) is 1.72. The molecule has 1 aliphatic rings. The van der Waals surface area contributed by atoms with Crippen LogP contribution < -0.4 is 10.4 Å². The molecule has 0 bridgehead atoms. The lowest BCUT2D eigenvalue weighted by Crippen LogP contribution is -2.37. The second-order valence-electron chi connectivity index (χ2n) is 6.80. The van der Waals surface area contributed by atoms with Gasteiger partial charge in [-0.2, -0.15) is 5.10 Å². The van der Waals surface area contributed by atoms with Crippen molar-refractivity contribution >= 4 is 5.91 Å². The number of ether oxygens (including phenoxy) is 1. The number of aryl methyl sites for hydroxylation is 2. The Morgan fingerprint density at radius 3 is 2.77 bits per heavy atom. The number of amides is 1. The van der Waals surface area contributed by atoms with E-state index in [1.54, 1.807) is 16.5 Å². The van der Waals surface area contributed by atoms with Crippen molar-refractivity contribution in [2.45, 2.75) is 45.7 Å². The zero-order valence-corrected chi connectivity index (χ0v) is 15.5. The van der Waals surface area contributed by atoms with Crippen LogP contribution in [0.3, 0.4) is 0 Å². The average Bonchev–Trinajstić information content (AvgIpc) is 2.79. The van der Waals surface area contributed by atoms with E-state index in [4.69, 9.17) is 4.74 Å². The third-order valence-corrected chi connectivity index (χ3v) is 4.71. The molecule has 0 spiro atoms. The smallest absolute Gasteiger partial charge is 0.346 e. The molecule has 1 aliphatic heterocycles. The summed E-state index contributed by atoms with van der Waals surface area (Å²) in [5.74, 6) is 1.43. The van der Waals surface area contributed by atoms with Crippen molar-refractivity contribution in [1.82, 2.24) is 19.2 Å². The van der Waals surface area contributed by atoms with Gasteiger partial charge in [-0.05, 0) is 31.9 Å². The second kappa shape index (κ2) is 8.21. The van der Waals surface area contributed by atoms with Crippen LogP contribution in [0.2, 0.25) is 0 Å². The van der Waals surface area contributed by atoms with Crippen molar-refractivity contribution in [2.75, 3.05) is 20.2 Å². The standard InChI is InChI=1S/C19H26N4O3/c1-15-7-9-16(10-8-15)26-13-12-21(2)18(24)14-23-19(25)22-11-5-3-4-6-17(22)20-23/h7-10H,3-6,11-14H2,1-2H3. The zero-order chi connectivity index (χ0) is 18.5. The van der Waals surface area contributed by atoms with E-state index in [1.165, 1.54) is 10.2 Å². The Hall–Kier alpha value is -2.57. The van der Waals surface area contributed by atoms with Gasteiger partial charge in [-0.3, -0.25) is 9.36 Å². The highest BCUT2D eigenvalue weighted by Gasteiger charge is 2.18. The Labute approximate surface area is 153 Å². The zero-order valence-electron chi connectivity index (χ0n) is 15.5. The number of hydrogen-bond acceptors (Lipinski definition) is 4. The maximum absolute atomic E-state index is 12.4. The Bertz CT molecular complexity index is 807. The van der Waals surface area contributed by atoms with E-state index in [0.717, 1.165) is 37.3 Å². The van der Waals surface area contributed by atoms with Crippen molar-refractivity contribution in [2.24, 2.45) is 0 Å². The summed E-state index contributed by atoms with van der Waals surface area (Å²) in [6.07, 6.45) is 3.95. The largest absolute Gasteiger partial charge is 0.492 e. The highest BCUT2D eigenvalue weighted by molar-refractivity contribution is 5.75. The molecule has 0 saturated heterocycles. The van der Waals surface area contributed by atoms with Gasteiger partial charge in [0.2, 0.25) is 5.91 Å². The Kier molecular flexibility index (Phi) is 5.75. The van der Waals surface area contributed by atoms with Gasteiger partial charge >= 0.3 is 5.69 Å². The van der Waals surface area contributed by atoms with Crippen LogP contribution in [0.4, 0.5) is 0 Å². The third-order valence-electron chi connectivity index (χ3n) is 4.71. The summed E-state index contributed by atoms with van der Waals surface area (Å²) in [5, 5.41) is 4.36. The molecule has 7 nitrogen and oxygen atoms in total. The van der Waals surface area contributed by atoms with Crippen molar-refractivity contribution in [3.63, 3.8) is 0 Å². The van der Waals surface area contributed by atoms with E-state index < -0.39 is 0 Å². The van der Waals surface area contributed by atoms with Crippen LogP contribution in [0.5, 0.6) is 5.75 Å². The lowest BCUT2D eigenvalue weighted by molar-refractivity contribution is -0.131. The fourth-order valence-electron chi connectivity index (χ4n) is 3.04. The molecule has 0 fully saturated rings. The van der Waals surface area contributed by atoms with Gasteiger partial charge in [0.25, 0.3) is 0 Å². The van der Waals surface area contributed by atoms with Crippen LogP contribution in [0.25, 0.3) is 0 Å². The lowest BCUT2D eigenvalue weighted by atomic mass is 10.2. The maximum Gasteiger partial charge on any atom is 0.346 e. The van der Waals surface area contributed by atoms with Gasteiger partial charge in [0, 0.05) is 20.0 Å². The van der Waals surface area contributed by atoms with Gasteiger partial charge in [0.1, 0.15) is 24.7 Å². The third kappa shape index (κ3) is 4.33. The van der Waals surface area contributed by atoms with Gasteiger partial charge in [0.15, 0.2) is 0 Å². The fourth-order valence-corrected chi connectivity index (χ4v) is 3.04. The topological polar surface area (TPSA) is 69.4 Å². The quantitative estimate of drug-likeness (QED) is 0.787. The summed E-state index contributed by atoms with van der Waals surface area (Å²) < 4.78 is 8.65. The molecule has 0 saturated carbocycles. The number of nitrogens with zero attached hydrogens (tertiary/aromatic N) is 4. The van der Waals surface area contributed by atoms with Crippen LogP contribution in [-0.2, 0) is 24.3 Å². The van der Waals surface area contributed by atoms with Crippen LogP contribution in [0, 0.1) is 6.92 Å². The predicted molar refractivity (Wildman–Crippen MR) is 98.4 cm³/mol. The summed E-state index contributed by atoms with van der Waals surface area (Å²) >= 11 is 0. The van der Waals surface area contributed by atoms with Crippen LogP contribution in [0.1, 0.15) is 30.7 Å². The summed E-state index contributed by atoms with van der Waals surface area (Å²) in [5.41, 5.74) is 0.994.